The number of nitrogens with zero attached hydrogens (tertiary/aromatic N) is 2. The smallest absolute Gasteiger partial charge is 0.309 e. The van der Waals surface area contributed by atoms with Crippen LogP contribution in [0.25, 0.3) is 11.5 Å². The second-order valence-corrected chi connectivity index (χ2v) is 4.75. The lowest BCUT2D eigenvalue weighted by molar-refractivity contribution is -0.147. The highest BCUT2D eigenvalue weighted by atomic mass is 16.5. The van der Waals surface area contributed by atoms with Gasteiger partial charge < -0.3 is 9.15 Å². The molecule has 0 N–H and O–H groups in total. The van der Waals surface area contributed by atoms with E-state index in [0.29, 0.717) is 11.8 Å². The van der Waals surface area contributed by atoms with Crippen molar-refractivity contribution in [3.8, 4) is 11.5 Å². The molecule has 3 rings (SSSR count). The molecule has 5 heteroatoms. The van der Waals surface area contributed by atoms with Gasteiger partial charge in [-0.15, -0.1) is 10.2 Å². The number of carbonyl (C=O) groups excluding carboxylic acids is 1. The molecule has 2 aromatic rings. The van der Waals surface area contributed by atoms with E-state index in [1.807, 2.05) is 31.2 Å². The maximum atomic E-state index is 11.4. The van der Waals surface area contributed by atoms with Crippen molar-refractivity contribution < 1.29 is 13.9 Å². The van der Waals surface area contributed by atoms with Crippen LogP contribution in [0.3, 0.4) is 0 Å². The predicted octanol–water partition coefficient (Wildman–Crippen LogP) is 2.50. The van der Waals surface area contributed by atoms with E-state index < -0.39 is 0 Å². The molecule has 5 nitrogen and oxygen atoms in total. The van der Waals surface area contributed by atoms with Gasteiger partial charge >= 0.3 is 5.97 Å². The van der Waals surface area contributed by atoms with E-state index in [0.717, 1.165) is 24.0 Å². The van der Waals surface area contributed by atoms with Gasteiger partial charge in [0, 0.05) is 5.56 Å². The molecule has 1 fully saturated rings. The Balaban J connectivity index is 1.67. The van der Waals surface area contributed by atoms with E-state index in [2.05, 4.69) is 10.2 Å². The van der Waals surface area contributed by atoms with E-state index in [9.17, 15) is 4.79 Å². The Morgan fingerprint density at radius 1 is 1.42 bits per heavy atom. The molecule has 0 radical (unpaired) electrons. The normalized spacial score (nSPS) is 14.4. The van der Waals surface area contributed by atoms with Crippen LogP contribution in [0.4, 0.5) is 0 Å². The number of rotatable bonds is 4. The van der Waals surface area contributed by atoms with E-state index >= 15 is 0 Å². The van der Waals surface area contributed by atoms with Crippen LogP contribution in [0.1, 0.15) is 24.3 Å². The van der Waals surface area contributed by atoms with Crippen LogP contribution in [0.5, 0.6) is 0 Å². The maximum absolute atomic E-state index is 11.4. The Labute approximate surface area is 110 Å². The van der Waals surface area contributed by atoms with E-state index in [1.54, 1.807) is 0 Å². The molecule has 1 aliphatic carbocycles. The number of benzene rings is 1. The first-order chi connectivity index (χ1) is 9.22. The molecule has 0 amide bonds. The Morgan fingerprint density at radius 3 is 3.00 bits per heavy atom. The molecule has 1 aliphatic rings. The molecule has 98 valence electrons. The van der Waals surface area contributed by atoms with Gasteiger partial charge in [0.05, 0.1) is 5.92 Å². The van der Waals surface area contributed by atoms with Crippen LogP contribution in [0.2, 0.25) is 0 Å². The van der Waals surface area contributed by atoms with Crippen molar-refractivity contribution in [1.82, 2.24) is 10.2 Å². The fraction of sp³-hybridized carbons (Fsp3) is 0.357. The number of hydrogen-bond acceptors (Lipinski definition) is 5. The second-order valence-electron chi connectivity index (χ2n) is 4.75. The summed E-state index contributed by atoms with van der Waals surface area (Å²) in [6.07, 6.45) is 1.86. The molecular formula is C14H14N2O3. The van der Waals surface area contributed by atoms with Gasteiger partial charge in [-0.1, -0.05) is 17.7 Å². The predicted molar refractivity (Wildman–Crippen MR) is 67.0 cm³/mol. The number of ether oxygens (including phenoxy) is 1. The minimum absolute atomic E-state index is 0.0498. The molecule has 0 saturated heterocycles. The summed E-state index contributed by atoms with van der Waals surface area (Å²) in [4.78, 5) is 11.4. The number of hydrogen-bond donors (Lipinski definition) is 0. The summed E-state index contributed by atoms with van der Waals surface area (Å²) in [6, 6.07) is 7.80. The third-order valence-corrected chi connectivity index (χ3v) is 2.98. The fourth-order valence-electron chi connectivity index (χ4n) is 1.78. The molecule has 0 spiro atoms. The molecule has 0 bridgehead atoms. The first kappa shape index (κ1) is 11.9. The van der Waals surface area contributed by atoms with Crippen molar-refractivity contribution in [2.75, 3.05) is 0 Å². The van der Waals surface area contributed by atoms with Crippen molar-refractivity contribution >= 4 is 5.97 Å². The van der Waals surface area contributed by atoms with E-state index in [-0.39, 0.29) is 18.5 Å². The summed E-state index contributed by atoms with van der Waals surface area (Å²) in [5.41, 5.74) is 1.99. The maximum Gasteiger partial charge on any atom is 0.309 e. The SMILES string of the molecule is Cc1cccc(-c2nnc(COC(=O)C3CC3)o2)c1. The number of aryl methyl sites for hydroxylation is 1. The standard InChI is InChI=1S/C14H14N2O3/c1-9-3-2-4-11(7-9)13-16-15-12(19-13)8-18-14(17)10-5-6-10/h2-4,7,10H,5-6,8H2,1H3. The first-order valence-electron chi connectivity index (χ1n) is 6.28. The minimum Gasteiger partial charge on any atom is -0.455 e. The minimum atomic E-state index is -0.171. The first-order valence-corrected chi connectivity index (χ1v) is 6.28. The van der Waals surface area contributed by atoms with Crippen molar-refractivity contribution in [3.63, 3.8) is 0 Å². The molecular weight excluding hydrogens is 244 g/mol. The zero-order chi connectivity index (χ0) is 13.2. The zero-order valence-electron chi connectivity index (χ0n) is 10.6. The van der Waals surface area contributed by atoms with Crippen LogP contribution in [0, 0.1) is 12.8 Å². The Hall–Kier alpha value is -2.17. The van der Waals surface area contributed by atoms with Gasteiger partial charge in [0.2, 0.25) is 5.89 Å². The summed E-state index contributed by atoms with van der Waals surface area (Å²) in [7, 11) is 0. The lowest BCUT2D eigenvalue weighted by atomic mass is 10.1. The monoisotopic (exact) mass is 258 g/mol. The van der Waals surface area contributed by atoms with Crippen molar-refractivity contribution in [2.45, 2.75) is 26.4 Å². The average Bonchev–Trinajstić information content (AvgIpc) is 3.15. The molecule has 1 aromatic carbocycles. The second kappa shape index (κ2) is 4.84. The van der Waals surface area contributed by atoms with Gasteiger partial charge in [-0.3, -0.25) is 4.79 Å². The summed E-state index contributed by atoms with van der Waals surface area (Å²) in [5.74, 6) is 0.682. The molecule has 0 atom stereocenters. The molecule has 1 heterocycles. The quantitative estimate of drug-likeness (QED) is 0.788. The number of esters is 1. The van der Waals surface area contributed by atoms with Crippen LogP contribution in [-0.4, -0.2) is 16.2 Å². The van der Waals surface area contributed by atoms with Gasteiger partial charge in [0.1, 0.15) is 0 Å². The lowest BCUT2D eigenvalue weighted by Gasteiger charge is -1.99. The van der Waals surface area contributed by atoms with Crippen LogP contribution >= 0.6 is 0 Å². The van der Waals surface area contributed by atoms with Crippen LogP contribution < -0.4 is 0 Å². The highest BCUT2D eigenvalue weighted by Crippen LogP contribution is 2.30. The Morgan fingerprint density at radius 2 is 2.26 bits per heavy atom. The van der Waals surface area contributed by atoms with E-state index in [4.69, 9.17) is 9.15 Å². The van der Waals surface area contributed by atoms with Crippen molar-refractivity contribution in [1.29, 1.82) is 0 Å². The molecule has 19 heavy (non-hydrogen) atoms. The highest BCUT2D eigenvalue weighted by Gasteiger charge is 2.31. The largest absolute Gasteiger partial charge is 0.455 e. The van der Waals surface area contributed by atoms with Gasteiger partial charge in [-0.05, 0) is 31.9 Å². The number of carbonyl (C=O) groups is 1. The average molecular weight is 258 g/mol. The van der Waals surface area contributed by atoms with E-state index in [1.165, 1.54) is 0 Å². The van der Waals surface area contributed by atoms with Crippen LogP contribution in [-0.2, 0) is 16.1 Å². The summed E-state index contributed by atoms with van der Waals surface area (Å²) in [6.45, 7) is 2.05. The fourth-order valence-corrected chi connectivity index (χ4v) is 1.78. The van der Waals surface area contributed by atoms with Crippen molar-refractivity contribution in [3.05, 3.63) is 35.7 Å². The van der Waals surface area contributed by atoms with Gasteiger partial charge in [-0.2, -0.15) is 0 Å². The Kier molecular flexibility index (Phi) is 3.03. The van der Waals surface area contributed by atoms with Gasteiger partial charge in [-0.25, -0.2) is 0 Å². The topological polar surface area (TPSA) is 65.2 Å². The third-order valence-electron chi connectivity index (χ3n) is 2.98. The summed E-state index contributed by atoms with van der Waals surface area (Å²) in [5, 5.41) is 7.84. The molecule has 0 aliphatic heterocycles. The zero-order valence-corrected chi connectivity index (χ0v) is 10.6. The Bertz CT molecular complexity index is 602. The lowest BCUT2D eigenvalue weighted by Crippen LogP contribution is -2.06. The molecule has 1 saturated carbocycles. The third kappa shape index (κ3) is 2.81. The van der Waals surface area contributed by atoms with Gasteiger partial charge in [0.15, 0.2) is 6.61 Å². The van der Waals surface area contributed by atoms with Crippen LogP contribution in [0.15, 0.2) is 28.7 Å². The molecule has 1 aromatic heterocycles. The number of aromatic nitrogens is 2. The summed E-state index contributed by atoms with van der Waals surface area (Å²) < 4.78 is 10.6. The summed E-state index contributed by atoms with van der Waals surface area (Å²) >= 11 is 0. The highest BCUT2D eigenvalue weighted by molar-refractivity contribution is 5.74. The molecule has 0 unspecified atom stereocenters. The van der Waals surface area contributed by atoms with Gasteiger partial charge in [0.25, 0.3) is 5.89 Å². The van der Waals surface area contributed by atoms with Crippen molar-refractivity contribution in [2.24, 2.45) is 5.92 Å².